The van der Waals surface area contributed by atoms with Crippen molar-refractivity contribution in [1.82, 2.24) is 14.6 Å². The fraction of sp³-hybridized carbons (Fsp3) is 0.176. The molecule has 0 aliphatic carbocycles. The van der Waals surface area contributed by atoms with Crippen LogP contribution in [0.1, 0.15) is 12.8 Å². The third-order valence-electron chi connectivity index (χ3n) is 3.75. The molecular weight excluding hydrogens is 322 g/mol. The van der Waals surface area contributed by atoms with Gasteiger partial charge in [-0.05, 0) is 29.8 Å². The van der Waals surface area contributed by atoms with Crippen LogP contribution in [0.3, 0.4) is 0 Å². The van der Waals surface area contributed by atoms with E-state index < -0.39 is 0 Å². The van der Waals surface area contributed by atoms with E-state index in [1.54, 1.807) is 4.52 Å². The third kappa shape index (κ3) is 2.95. The van der Waals surface area contributed by atoms with Crippen molar-refractivity contribution in [2.24, 2.45) is 0 Å². The van der Waals surface area contributed by atoms with Gasteiger partial charge in [0.05, 0.1) is 6.07 Å². The summed E-state index contributed by atoms with van der Waals surface area (Å²) in [6.07, 6.45) is 2.10. The van der Waals surface area contributed by atoms with Crippen molar-refractivity contribution in [2.75, 3.05) is 12.1 Å². The summed E-state index contributed by atoms with van der Waals surface area (Å²) in [5.41, 5.74) is 2.50. The molecule has 0 unspecified atom stereocenters. The molecule has 0 bridgehead atoms. The lowest BCUT2D eigenvalue weighted by molar-refractivity contribution is -0.116. The van der Waals surface area contributed by atoms with Gasteiger partial charge in [-0.1, -0.05) is 6.07 Å². The number of anilines is 1. The molecule has 0 saturated carbocycles. The number of nitrogens with one attached hydrogen (secondary N) is 1. The average molecular weight is 335 g/mol. The fourth-order valence-corrected chi connectivity index (χ4v) is 2.54. The monoisotopic (exact) mass is 335 g/mol. The van der Waals surface area contributed by atoms with Gasteiger partial charge in [-0.25, -0.2) is 4.52 Å². The number of hydrogen-bond acceptors (Lipinski definition) is 6. The molecule has 8 nitrogen and oxygen atoms in total. The maximum atomic E-state index is 11.7. The summed E-state index contributed by atoms with van der Waals surface area (Å²) in [6.45, 7) is 0.232. The Morgan fingerprint density at radius 2 is 2.08 bits per heavy atom. The molecule has 4 rings (SSSR count). The Labute approximate surface area is 142 Å². The van der Waals surface area contributed by atoms with Crippen molar-refractivity contribution in [3.63, 3.8) is 0 Å². The predicted octanol–water partition coefficient (Wildman–Crippen LogP) is 2.37. The standard InChI is InChI=1S/C17H13N5O3/c18-7-1-2-16(23)20-17-19-15-6-4-12(9-22(15)21-17)11-3-5-13-14(8-11)25-10-24-13/h3-6,8-9H,1-2,10H2,(H,20,21,23). The van der Waals surface area contributed by atoms with Crippen LogP contribution < -0.4 is 14.8 Å². The van der Waals surface area contributed by atoms with Gasteiger partial charge < -0.3 is 9.47 Å². The van der Waals surface area contributed by atoms with Gasteiger partial charge in [-0.3, -0.25) is 10.1 Å². The molecular formula is C17H13N5O3. The lowest BCUT2D eigenvalue weighted by Gasteiger charge is -2.03. The molecule has 1 aromatic carbocycles. The maximum Gasteiger partial charge on any atom is 0.249 e. The van der Waals surface area contributed by atoms with Crippen LogP contribution in [-0.4, -0.2) is 27.3 Å². The molecule has 124 valence electrons. The summed E-state index contributed by atoms with van der Waals surface area (Å²) in [7, 11) is 0. The van der Waals surface area contributed by atoms with Gasteiger partial charge in [0, 0.05) is 24.6 Å². The number of hydrogen-bond donors (Lipinski definition) is 1. The zero-order chi connectivity index (χ0) is 17.2. The maximum absolute atomic E-state index is 11.7. The van der Waals surface area contributed by atoms with Gasteiger partial charge >= 0.3 is 0 Å². The fourth-order valence-electron chi connectivity index (χ4n) is 2.54. The Morgan fingerprint density at radius 1 is 1.24 bits per heavy atom. The first kappa shape index (κ1) is 15.0. The average Bonchev–Trinajstić information content (AvgIpc) is 3.24. The quantitative estimate of drug-likeness (QED) is 0.785. The molecule has 1 N–H and O–H groups in total. The first-order valence-electron chi connectivity index (χ1n) is 7.66. The molecule has 25 heavy (non-hydrogen) atoms. The number of aromatic nitrogens is 3. The first-order chi connectivity index (χ1) is 12.2. The van der Waals surface area contributed by atoms with Crippen LogP contribution in [0.25, 0.3) is 16.8 Å². The molecule has 0 atom stereocenters. The Kier molecular flexibility index (Phi) is 3.67. The highest BCUT2D eigenvalue weighted by atomic mass is 16.7. The highest BCUT2D eigenvalue weighted by Crippen LogP contribution is 2.35. The van der Waals surface area contributed by atoms with E-state index in [2.05, 4.69) is 15.4 Å². The van der Waals surface area contributed by atoms with Crippen LogP contribution in [0.15, 0.2) is 36.5 Å². The molecule has 0 fully saturated rings. The number of carbonyl (C=O) groups is 1. The highest BCUT2D eigenvalue weighted by Gasteiger charge is 2.14. The summed E-state index contributed by atoms with van der Waals surface area (Å²) in [6, 6.07) is 11.4. The minimum absolute atomic E-state index is 0.120. The van der Waals surface area contributed by atoms with E-state index in [0.29, 0.717) is 11.4 Å². The molecule has 1 aliphatic heterocycles. The van der Waals surface area contributed by atoms with Crippen molar-refractivity contribution in [3.8, 4) is 28.7 Å². The summed E-state index contributed by atoms with van der Waals surface area (Å²) >= 11 is 0. The number of amides is 1. The molecule has 0 saturated heterocycles. The highest BCUT2D eigenvalue weighted by molar-refractivity contribution is 5.89. The van der Waals surface area contributed by atoms with E-state index in [0.717, 1.165) is 16.9 Å². The largest absolute Gasteiger partial charge is 0.454 e. The summed E-state index contributed by atoms with van der Waals surface area (Å²) in [4.78, 5) is 15.9. The van der Waals surface area contributed by atoms with E-state index >= 15 is 0 Å². The minimum atomic E-state index is -0.284. The van der Waals surface area contributed by atoms with E-state index in [1.165, 1.54) is 0 Å². The molecule has 8 heteroatoms. The molecule has 1 aliphatic rings. The SMILES string of the molecule is N#CCCC(=O)Nc1nc2ccc(-c3ccc4c(c3)OCO4)cn2n1. The van der Waals surface area contributed by atoms with Crippen LogP contribution in [0, 0.1) is 11.3 Å². The van der Waals surface area contributed by atoms with E-state index in [4.69, 9.17) is 14.7 Å². The van der Waals surface area contributed by atoms with Gasteiger partial charge in [-0.2, -0.15) is 10.2 Å². The number of nitrogens with zero attached hydrogens (tertiary/aromatic N) is 4. The van der Waals surface area contributed by atoms with E-state index in [9.17, 15) is 4.79 Å². The number of ether oxygens (including phenoxy) is 2. The molecule has 1 amide bonds. The summed E-state index contributed by atoms with van der Waals surface area (Å²) < 4.78 is 12.3. The van der Waals surface area contributed by atoms with Crippen LogP contribution in [-0.2, 0) is 4.79 Å². The van der Waals surface area contributed by atoms with Gasteiger partial charge in [0.1, 0.15) is 0 Å². The number of fused-ring (bicyclic) bond motifs is 2. The van der Waals surface area contributed by atoms with Crippen molar-refractivity contribution in [2.45, 2.75) is 12.8 Å². The second-order valence-corrected chi connectivity index (χ2v) is 5.43. The molecule has 3 heterocycles. The second-order valence-electron chi connectivity index (χ2n) is 5.43. The number of rotatable bonds is 4. The lowest BCUT2D eigenvalue weighted by Crippen LogP contribution is -2.12. The molecule has 2 aromatic heterocycles. The lowest BCUT2D eigenvalue weighted by atomic mass is 10.1. The van der Waals surface area contributed by atoms with Gasteiger partial charge in [0.25, 0.3) is 0 Å². The molecule has 0 radical (unpaired) electrons. The predicted molar refractivity (Wildman–Crippen MR) is 88.0 cm³/mol. The van der Waals surface area contributed by atoms with Crippen molar-refractivity contribution in [1.29, 1.82) is 5.26 Å². The smallest absolute Gasteiger partial charge is 0.249 e. The Bertz CT molecular complexity index is 1010. The first-order valence-corrected chi connectivity index (χ1v) is 7.66. The van der Waals surface area contributed by atoms with Gasteiger partial charge in [0.15, 0.2) is 17.1 Å². The number of carbonyl (C=O) groups excluding carboxylic acids is 1. The van der Waals surface area contributed by atoms with E-state index in [1.807, 2.05) is 42.6 Å². The van der Waals surface area contributed by atoms with Crippen molar-refractivity contribution in [3.05, 3.63) is 36.5 Å². The van der Waals surface area contributed by atoms with Crippen LogP contribution in [0.5, 0.6) is 11.5 Å². The van der Waals surface area contributed by atoms with E-state index in [-0.39, 0.29) is 31.5 Å². The molecule has 3 aromatic rings. The number of benzene rings is 1. The summed E-state index contributed by atoms with van der Waals surface area (Å²) in [5.74, 6) is 1.37. The van der Waals surface area contributed by atoms with Crippen LogP contribution >= 0.6 is 0 Å². The third-order valence-corrected chi connectivity index (χ3v) is 3.75. The van der Waals surface area contributed by atoms with Crippen LogP contribution in [0.2, 0.25) is 0 Å². The molecule has 0 spiro atoms. The Balaban J connectivity index is 1.60. The van der Waals surface area contributed by atoms with Gasteiger partial charge in [0.2, 0.25) is 18.6 Å². The normalized spacial score (nSPS) is 12.1. The Morgan fingerprint density at radius 3 is 2.96 bits per heavy atom. The second kappa shape index (κ2) is 6.13. The number of nitriles is 1. The Hall–Kier alpha value is -3.60. The summed E-state index contributed by atoms with van der Waals surface area (Å²) in [5, 5.41) is 15.4. The topological polar surface area (TPSA) is 102 Å². The van der Waals surface area contributed by atoms with Crippen molar-refractivity contribution < 1.29 is 14.3 Å². The number of pyridine rings is 1. The zero-order valence-electron chi connectivity index (χ0n) is 13.1. The van der Waals surface area contributed by atoms with Crippen LogP contribution in [0.4, 0.5) is 5.95 Å². The zero-order valence-corrected chi connectivity index (χ0v) is 13.1. The van der Waals surface area contributed by atoms with Gasteiger partial charge in [-0.15, -0.1) is 5.10 Å². The minimum Gasteiger partial charge on any atom is -0.454 e. The van der Waals surface area contributed by atoms with Crippen molar-refractivity contribution >= 4 is 17.5 Å².